The van der Waals surface area contributed by atoms with Gasteiger partial charge in [-0.2, -0.15) is 0 Å². The molecule has 0 spiro atoms. The first kappa shape index (κ1) is 18.9. The zero-order valence-corrected chi connectivity index (χ0v) is 16.6. The molecule has 0 radical (unpaired) electrons. The van der Waals surface area contributed by atoms with E-state index >= 15 is 0 Å². The van der Waals surface area contributed by atoms with Crippen molar-refractivity contribution in [1.29, 1.82) is 0 Å². The van der Waals surface area contributed by atoms with Crippen LogP contribution in [0.1, 0.15) is 18.4 Å². The van der Waals surface area contributed by atoms with Crippen LogP contribution in [0.2, 0.25) is 0 Å². The lowest BCUT2D eigenvalue weighted by Crippen LogP contribution is -2.32. The summed E-state index contributed by atoms with van der Waals surface area (Å²) in [6, 6.07) is 14.7. The van der Waals surface area contributed by atoms with Gasteiger partial charge in [0.2, 0.25) is 0 Å². The maximum atomic E-state index is 12.3. The Morgan fingerprint density at radius 2 is 1.65 bits per heavy atom. The average molecular weight is 394 g/mol. The standard InChI is InChI=1S/C19H23NO4S2/c1-25(21,22)17-10-11-18(19(14-17)26(2,23)24)20-12-6-9-16(20)13-15-7-4-3-5-8-15/h3-5,7-8,10-11,14,16H,6,9,12-13H2,1-2H3. The van der Waals surface area contributed by atoms with Gasteiger partial charge in [-0.3, -0.25) is 0 Å². The van der Waals surface area contributed by atoms with Crippen molar-refractivity contribution in [2.24, 2.45) is 0 Å². The van der Waals surface area contributed by atoms with Crippen LogP contribution < -0.4 is 4.90 Å². The normalized spacial score (nSPS) is 18.2. The van der Waals surface area contributed by atoms with Crippen LogP contribution in [0.5, 0.6) is 0 Å². The van der Waals surface area contributed by atoms with Crippen LogP contribution in [0.3, 0.4) is 0 Å². The Hall–Kier alpha value is -1.86. The van der Waals surface area contributed by atoms with Gasteiger partial charge in [0.15, 0.2) is 19.7 Å². The molecule has 7 heteroatoms. The first-order valence-electron chi connectivity index (χ1n) is 8.51. The number of nitrogens with zero attached hydrogens (tertiary/aromatic N) is 1. The molecule has 1 atom stereocenters. The smallest absolute Gasteiger partial charge is 0.177 e. The van der Waals surface area contributed by atoms with Crippen LogP contribution in [0, 0.1) is 0 Å². The third kappa shape index (κ3) is 4.10. The fourth-order valence-electron chi connectivity index (χ4n) is 3.51. The molecule has 1 aliphatic rings. The van der Waals surface area contributed by atoms with Gasteiger partial charge in [0.1, 0.15) is 0 Å². The van der Waals surface area contributed by atoms with Gasteiger partial charge in [0.25, 0.3) is 0 Å². The third-order valence-corrected chi connectivity index (χ3v) is 7.00. The molecule has 0 bridgehead atoms. The Kier molecular flexibility index (Phi) is 5.12. The summed E-state index contributed by atoms with van der Waals surface area (Å²) >= 11 is 0. The van der Waals surface area contributed by atoms with E-state index < -0.39 is 19.7 Å². The number of rotatable bonds is 5. The lowest BCUT2D eigenvalue weighted by Gasteiger charge is -2.29. The predicted molar refractivity (Wildman–Crippen MR) is 103 cm³/mol. The summed E-state index contributed by atoms with van der Waals surface area (Å²) in [7, 11) is -7.03. The Morgan fingerprint density at radius 1 is 0.962 bits per heavy atom. The monoisotopic (exact) mass is 393 g/mol. The second-order valence-corrected chi connectivity index (χ2v) is 10.9. The molecule has 0 aromatic heterocycles. The van der Waals surface area contributed by atoms with Crippen molar-refractivity contribution in [1.82, 2.24) is 0 Å². The Bertz CT molecular complexity index is 999. The summed E-state index contributed by atoms with van der Waals surface area (Å²) in [6.45, 7) is 0.762. The number of benzene rings is 2. The minimum absolute atomic E-state index is 0.0282. The SMILES string of the molecule is CS(=O)(=O)c1ccc(N2CCCC2Cc2ccccc2)c(S(C)(=O)=O)c1. The van der Waals surface area contributed by atoms with Gasteiger partial charge in [0.05, 0.1) is 15.5 Å². The largest absolute Gasteiger partial charge is 0.367 e. The van der Waals surface area contributed by atoms with E-state index in [0.717, 1.165) is 38.3 Å². The predicted octanol–water partition coefficient (Wildman–Crippen LogP) is 2.71. The molecule has 3 rings (SSSR count). The molecule has 0 saturated carbocycles. The molecule has 2 aromatic carbocycles. The molecule has 0 amide bonds. The molecule has 0 N–H and O–H groups in total. The number of anilines is 1. The average Bonchev–Trinajstić information content (AvgIpc) is 3.01. The van der Waals surface area contributed by atoms with Crippen LogP contribution in [-0.4, -0.2) is 41.9 Å². The summed E-state index contributed by atoms with van der Waals surface area (Å²) in [4.78, 5) is 2.22. The van der Waals surface area contributed by atoms with Crippen molar-refractivity contribution >= 4 is 25.4 Å². The molecule has 0 aliphatic carbocycles. The molecular weight excluding hydrogens is 370 g/mol. The second-order valence-electron chi connectivity index (χ2n) is 6.85. The fourth-order valence-corrected chi connectivity index (χ4v) is 5.14. The van der Waals surface area contributed by atoms with Gasteiger partial charge in [-0.05, 0) is 43.0 Å². The van der Waals surface area contributed by atoms with Gasteiger partial charge in [-0.15, -0.1) is 0 Å². The molecule has 1 heterocycles. The molecule has 1 fully saturated rings. The molecule has 26 heavy (non-hydrogen) atoms. The zero-order chi connectivity index (χ0) is 18.9. The van der Waals surface area contributed by atoms with Gasteiger partial charge >= 0.3 is 0 Å². The third-order valence-electron chi connectivity index (χ3n) is 4.76. The van der Waals surface area contributed by atoms with Crippen molar-refractivity contribution in [3.05, 3.63) is 54.1 Å². The Labute approximate surface area is 155 Å². The maximum Gasteiger partial charge on any atom is 0.177 e. The molecule has 2 aromatic rings. The lowest BCUT2D eigenvalue weighted by molar-refractivity contribution is 0.598. The minimum Gasteiger partial charge on any atom is -0.367 e. The Morgan fingerprint density at radius 3 is 2.27 bits per heavy atom. The maximum absolute atomic E-state index is 12.3. The quantitative estimate of drug-likeness (QED) is 0.781. The van der Waals surface area contributed by atoms with E-state index in [1.807, 2.05) is 18.2 Å². The van der Waals surface area contributed by atoms with E-state index in [9.17, 15) is 16.8 Å². The molecule has 1 aliphatic heterocycles. The van der Waals surface area contributed by atoms with Crippen molar-refractivity contribution < 1.29 is 16.8 Å². The van der Waals surface area contributed by atoms with E-state index in [1.54, 1.807) is 6.07 Å². The van der Waals surface area contributed by atoms with Crippen molar-refractivity contribution in [2.45, 2.75) is 35.1 Å². The van der Waals surface area contributed by atoms with E-state index in [1.165, 1.54) is 17.7 Å². The van der Waals surface area contributed by atoms with E-state index in [-0.39, 0.29) is 15.8 Å². The van der Waals surface area contributed by atoms with Crippen LogP contribution in [0.4, 0.5) is 5.69 Å². The van der Waals surface area contributed by atoms with Crippen molar-refractivity contribution in [3.8, 4) is 0 Å². The van der Waals surface area contributed by atoms with Gasteiger partial charge in [0, 0.05) is 25.1 Å². The Balaban J connectivity index is 2.02. The van der Waals surface area contributed by atoms with Gasteiger partial charge < -0.3 is 4.90 Å². The zero-order valence-electron chi connectivity index (χ0n) is 14.9. The van der Waals surface area contributed by atoms with Crippen molar-refractivity contribution in [2.75, 3.05) is 24.0 Å². The molecule has 140 valence electrons. The highest BCUT2D eigenvalue weighted by Crippen LogP contribution is 2.34. The summed E-state index contributed by atoms with van der Waals surface area (Å²) in [5.41, 5.74) is 1.80. The highest BCUT2D eigenvalue weighted by molar-refractivity contribution is 7.91. The number of sulfone groups is 2. The summed E-state index contributed by atoms with van der Waals surface area (Å²) in [6.07, 6.45) is 5.00. The van der Waals surface area contributed by atoms with Crippen LogP contribution >= 0.6 is 0 Å². The van der Waals surface area contributed by atoms with E-state index in [4.69, 9.17) is 0 Å². The van der Waals surface area contributed by atoms with Crippen molar-refractivity contribution in [3.63, 3.8) is 0 Å². The lowest BCUT2D eigenvalue weighted by atomic mass is 10.0. The first-order chi connectivity index (χ1) is 12.2. The highest BCUT2D eigenvalue weighted by Gasteiger charge is 2.29. The fraction of sp³-hybridized carbons (Fsp3) is 0.368. The topological polar surface area (TPSA) is 71.5 Å². The summed E-state index contributed by atoms with van der Waals surface area (Å²) in [5, 5.41) is 0. The van der Waals surface area contributed by atoms with Crippen LogP contribution in [-0.2, 0) is 26.1 Å². The van der Waals surface area contributed by atoms with Crippen LogP contribution in [0.25, 0.3) is 0 Å². The molecular formula is C19H23NO4S2. The number of hydrogen-bond donors (Lipinski definition) is 0. The second kappa shape index (κ2) is 7.04. The van der Waals surface area contributed by atoms with Gasteiger partial charge in [-0.25, -0.2) is 16.8 Å². The highest BCUT2D eigenvalue weighted by atomic mass is 32.2. The minimum atomic E-state index is -3.56. The first-order valence-corrected chi connectivity index (χ1v) is 12.3. The summed E-state index contributed by atoms with van der Waals surface area (Å²) in [5.74, 6) is 0. The summed E-state index contributed by atoms with van der Waals surface area (Å²) < 4.78 is 48.3. The van der Waals surface area contributed by atoms with E-state index in [2.05, 4.69) is 17.0 Å². The van der Waals surface area contributed by atoms with Gasteiger partial charge in [-0.1, -0.05) is 30.3 Å². The number of hydrogen-bond acceptors (Lipinski definition) is 5. The molecule has 1 unspecified atom stereocenters. The van der Waals surface area contributed by atoms with E-state index in [0.29, 0.717) is 5.69 Å². The molecule has 1 saturated heterocycles. The van der Waals surface area contributed by atoms with Crippen LogP contribution in [0.15, 0.2) is 58.3 Å². The molecule has 5 nitrogen and oxygen atoms in total.